The highest BCUT2D eigenvalue weighted by atomic mass is 16.5. The molecule has 2 rings (SSSR count). The zero-order chi connectivity index (χ0) is 14.0. The molecule has 0 bridgehead atoms. The van der Waals surface area contributed by atoms with Crippen molar-refractivity contribution in [2.75, 3.05) is 6.61 Å². The highest BCUT2D eigenvalue weighted by Gasteiger charge is 2.14. The fraction of sp³-hybridized carbons (Fsp3) is 0.286. The Morgan fingerprint density at radius 1 is 1.37 bits per heavy atom. The monoisotopic (exact) mass is 259 g/mol. The lowest BCUT2D eigenvalue weighted by molar-refractivity contribution is -0.119. The second-order valence-electron chi connectivity index (χ2n) is 4.56. The first-order valence-electron chi connectivity index (χ1n) is 6.02. The van der Waals surface area contributed by atoms with E-state index in [2.05, 4.69) is 10.2 Å². The van der Waals surface area contributed by atoms with E-state index in [4.69, 9.17) is 10.5 Å². The first kappa shape index (κ1) is 13.1. The zero-order valence-electron chi connectivity index (χ0n) is 11.3. The Morgan fingerprint density at radius 2 is 2.11 bits per heavy atom. The Hall–Kier alpha value is -2.30. The molecule has 0 fully saturated rings. The summed E-state index contributed by atoms with van der Waals surface area (Å²) in [5.41, 5.74) is 10.0. The molecular weight excluding hydrogens is 242 g/mol. The fourth-order valence-electron chi connectivity index (χ4n) is 2.06. The van der Waals surface area contributed by atoms with Crippen LogP contribution in [-0.2, 0) is 4.79 Å². The van der Waals surface area contributed by atoms with E-state index in [-0.39, 0.29) is 6.61 Å². The fourth-order valence-corrected chi connectivity index (χ4v) is 2.06. The van der Waals surface area contributed by atoms with Gasteiger partial charge in [-0.3, -0.25) is 9.89 Å². The van der Waals surface area contributed by atoms with Crippen molar-refractivity contribution >= 4 is 5.91 Å². The minimum Gasteiger partial charge on any atom is -0.483 e. The number of rotatable bonds is 4. The van der Waals surface area contributed by atoms with E-state index in [9.17, 15) is 4.79 Å². The van der Waals surface area contributed by atoms with Crippen LogP contribution >= 0.6 is 0 Å². The molecule has 5 nitrogen and oxygen atoms in total. The highest BCUT2D eigenvalue weighted by molar-refractivity contribution is 5.77. The summed E-state index contributed by atoms with van der Waals surface area (Å²) < 4.78 is 5.47. The van der Waals surface area contributed by atoms with Gasteiger partial charge in [0.05, 0.1) is 5.69 Å². The molecule has 0 aliphatic heterocycles. The normalized spacial score (nSPS) is 10.5. The van der Waals surface area contributed by atoms with Gasteiger partial charge >= 0.3 is 0 Å². The third-order valence-electron chi connectivity index (χ3n) is 2.90. The minimum atomic E-state index is -0.493. The third kappa shape index (κ3) is 2.76. The van der Waals surface area contributed by atoms with Crippen LogP contribution in [0.1, 0.15) is 17.0 Å². The van der Waals surface area contributed by atoms with Gasteiger partial charge < -0.3 is 10.5 Å². The number of nitrogens with two attached hydrogens (primary N) is 1. The van der Waals surface area contributed by atoms with E-state index in [0.717, 1.165) is 28.1 Å². The molecule has 100 valence electrons. The van der Waals surface area contributed by atoms with Crippen LogP contribution in [0.4, 0.5) is 0 Å². The van der Waals surface area contributed by atoms with Crippen molar-refractivity contribution in [1.29, 1.82) is 0 Å². The van der Waals surface area contributed by atoms with Gasteiger partial charge in [-0.05, 0) is 32.9 Å². The second kappa shape index (κ2) is 5.14. The van der Waals surface area contributed by atoms with Crippen molar-refractivity contribution < 1.29 is 9.53 Å². The van der Waals surface area contributed by atoms with Crippen molar-refractivity contribution in [3.63, 3.8) is 0 Å². The summed E-state index contributed by atoms with van der Waals surface area (Å²) in [4.78, 5) is 10.8. The lowest BCUT2D eigenvalue weighted by Crippen LogP contribution is -2.20. The number of H-pyrrole nitrogens is 1. The lowest BCUT2D eigenvalue weighted by atomic mass is 10.0. The van der Waals surface area contributed by atoms with E-state index in [1.807, 2.05) is 39.0 Å². The SMILES string of the molecule is Cc1ccc(OCC(N)=O)c(-c2c(C)n[nH]c2C)c1. The molecule has 1 heterocycles. The van der Waals surface area contributed by atoms with Crippen LogP contribution in [-0.4, -0.2) is 22.7 Å². The first-order chi connectivity index (χ1) is 8.99. The molecule has 0 atom stereocenters. The summed E-state index contributed by atoms with van der Waals surface area (Å²) in [6, 6.07) is 5.80. The zero-order valence-corrected chi connectivity index (χ0v) is 11.3. The van der Waals surface area contributed by atoms with Crippen molar-refractivity contribution in [2.45, 2.75) is 20.8 Å². The van der Waals surface area contributed by atoms with Crippen molar-refractivity contribution in [3.05, 3.63) is 35.2 Å². The molecule has 0 aliphatic carbocycles. The predicted molar refractivity (Wildman–Crippen MR) is 72.9 cm³/mol. The number of amides is 1. The number of ether oxygens (including phenoxy) is 1. The highest BCUT2D eigenvalue weighted by Crippen LogP contribution is 2.34. The maximum atomic E-state index is 10.8. The van der Waals surface area contributed by atoms with Crippen molar-refractivity contribution in [2.24, 2.45) is 5.73 Å². The smallest absolute Gasteiger partial charge is 0.255 e. The Balaban J connectivity index is 2.48. The predicted octanol–water partition coefficient (Wildman–Crippen LogP) is 1.87. The van der Waals surface area contributed by atoms with Crippen LogP contribution in [0.25, 0.3) is 11.1 Å². The average Bonchev–Trinajstić information content (AvgIpc) is 2.67. The summed E-state index contributed by atoms with van der Waals surface area (Å²) >= 11 is 0. The number of nitrogens with one attached hydrogen (secondary N) is 1. The maximum absolute atomic E-state index is 10.8. The number of aryl methyl sites for hydroxylation is 3. The second-order valence-corrected chi connectivity index (χ2v) is 4.56. The molecule has 0 aliphatic rings. The van der Waals surface area contributed by atoms with Crippen LogP contribution in [0.3, 0.4) is 0 Å². The van der Waals surface area contributed by atoms with E-state index < -0.39 is 5.91 Å². The summed E-state index contributed by atoms with van der Waals surface area (Å²) in [6.07, 6.45) is 0. The molecule has 1 amide bonds. The topological polar surface area (TPSA) is 81.0 Å². The standard InChI is InChI=1S/C14H17N3O2/c1-8-4-5-12(19-7-13(15)18)11(6-8)14-9(2)16-17-10(14)3/h4-6H,7H2,1-3H3,(H2,15,18)(H,16,17). The van der Waals surface area contributed by atoms with Crippen LogP contribution < -0.4 is 10.5 Å². The summed E-state index contributed by atoms with van der Waals surface area (Å²) in [6.45, 7) is 5.76. The molecule has 0 spiro atoms. The lowest BCUT2D eigenvalue weighted by Gasteiger charge is -2.11. The molecule has 19 heavy (non-hydrogen) atoms. The molecule has 0 saturated carbocycles. The van der Waals surface area contributed by atoms with Crippen LogP contribution in [0.2, 0.25) is 0 Å². The van der Waals surface area contributed by atoms with Gasteiger partial charge in [-0.25, -0.2) is 0 Å². The Bertz CT molecular complexity index is 598. The minimum absolute atomic E-state index is 0.133. The van der Waals surface area contributed by atoms with Gasteiger partial charge in [0.2, 0.25) is 0 Å². The summed E-state index contributed by atoms with van der Waals surface area (Å²) in [5, 5.41) is 7.14. The molecule has 5 heteroatoms. The number of primary amides is 1. The van der Waals surface area contributed by atoms with Gasteiger partial charge in [0.1, 0.15) is 5.75 Å². The molecule has 1 aromatic heterocycles. The van der Waals surface area contributed by atoms with E-state index in [0.29, 0.717) is 5.75 Å². The molecule has 0 saturated heterocycles. The van der Waals surface area contributed by atoms with Crippen molar-refractivity contribution in [3.8, 4) is 16.9 Å². The van der Waals surface area contributed by atoms with E-state index >= 15 is 0 Å². The van der Waals surface area contributed by atoms with Gasteiger partial charge in [0, 0.05) is 16.8 Å². The molecule has 3 N–H and O–H groups in total. The van der Waals surface area contributed by atoms with Crippen LogP contribution in [0, 0.1) is 20.8 Å². The molecule has 0 radical (unpaired) electrons. The number of aromatic amines is 1. The Labute approximate surface area is 111 Å². The molecule has 1 aromatic carbocycles. The number of benzene rings is 1. The Morgan fingerprint density at radius 3 is 2.68 bits per heavy atom. The summed E-state index contributed by atoms with van der Waals surface area (Å²) in [7, 11) is 0. The van der Waals surface area contributed by atoms with Crippen molar-refractivity contribution in [1.82, 2.24) is 10.2 Å². The van der Waals surface area contributed by atoms with Gasteiger partial charge in [0.15, 0.2) is 6.61 Å². The van der Waals surface area contributed by atoms with Gasteiger partial charge in [-0.1, -0.05) is 11.6 Å². The third-order valence-corrected chi connectivity index (χ3v) is 2.90. The first-order valence-corrected chi connectivity index (χ1v) is 6.02. The largest absolute Gasteiger partial charge is 0.483 e. The number of carbonyl (C=O) groups excluding carboxylic acids is 1. The van der Waals surface area contributed by atoms with Crippen LogP contribution in [0.5, 0.6) is 5.75 Å². The van der Waals surface area contributed by atoms with Gasteiger partial charge in [-0.2, -0.15) is 5.10 Å². The maximum Gasteiger partial charge on any atom is 0.255 e. The number of aromatic nitrogens is 2. The molecule has 0 unspecified atom stereocenters. The number of hydrogen-bond acceptors (Lipinski definition) is 3. The molecule has 2 aromatic rings. The van der Waals surface area contributed by atoms with E-state index in [1.54, 1.807) is 0 Å². The quantitative estimate of drug-likeness (QED) is 0.879. The number of carbonyl (C=O) groups is 1. The summed E-state index contributed by atoms with van der Waals surface area (Å²) in [5.74, 6) is 0.143. The van der Waals surface area contributed by atoms with Gasteiger partial charge in [-0.15, -0.1) is 0 Å². The molecular formula is C14H17N3O2. The van der Waals surface area contributed by atoms with E-state index in [1.165, 1.54) is 0 Å². The Kier molecular flexibility index (Phi) is 3.55. The average molecular weight is 259 g/mol. The number of hydrogen-bond donors (Lipinski definition) is 2. The number of nitrogens with zero attached hydrogens (tertiary/aromatic N) is 1. The van der Waals surface area contributed by atoms with Gasteiger partial charge in [0.25, 0.3) is 5.91 Å². The van der Waals surface area contributed by atoms with Crippen LogP contribution in [0.15, 0.2) is 18.2 Å².